The van der Waals surface area contributed by atoms with Crippen LogP contribution in [0.5, 0.6) is 11.5 Å². The minimum Gasteiger partial charge on any atom is -0.455 e. The molecule has 0 spiro atoms. The van der Waals surface area contributed by atoms with Gasteiger partial charge in [-0.1, -0.05) is 27.5 Å². The number of aromatic nitrogens is 1. The van der Waals surface area contributed by atoms with Crippen molar-refractivity contribution in [3.8, 4) is 11.5 Å². The highest BCUT2D eigenvalue weighted by Crippen LogP contribution is 2.45. The van der Waals surface area contributed by atoms with Crippen LogP contribution in [0.25, 0.3) is 0 Å². The number of nitrogens with zero attached hydrogens (tertiary/aromatic N) is 2. The van der Waals surface area contributed by atoms with E-state index in [1.54, 1.807) is 19.4 Å². The number of hydrogen-bond donors (Lipinski definition) is 1. The first-order valence-corrected chi connectivity index (χ1v) is 7.69. The fourth-order valence-corrected chi connectivity index (χ4v) is 2.88. The SMILES string of the molecule is COCC(N)=NC1c2cc(Br)ccc2Oc2cnc(Cl)cc21. The zero-order valence-electron chi connectivity index (χ0n) is 11.7. The first-order valence-electron chi connectivity index (χ1n) is 6.52. The number of hydrogen-bond acceptors (Lipinski definition) is 4. The lowest BCUT2D eigenvalue weighted by molar-refractivity contribution is 0.244. The van der Waals surface area contributed by atoms with Gasteiger partial charge in [0.2, 0.25) is 0 Å². The Bertz CT molecular complexity index is 700. The predicted molar refractivity (Wildman–Crippen MR) is 88.8 cm³/mol. The number of fused-ring (bicyclic) bond motifs is 2. The highest BCUT2D eigenvalue weighted by Gasteiger charge is 2.28. The molecule has 0 radical (unpaired) electrons. The quantitative estimate of drug-likeness (QED) is 0.499. The molecule has 1 unspecified atom stereocenters. The lowest BCUT2D eigenvalue weighted by Gasteiger charge is -2.26. The van der Waals surface area contributed by atoms with Gasteiger partial charge in [-0.25, -0.2) is 4.98 Å². The normalized spacial score (nSPS) is 16.7. The summed E-state index contributed by atoms with van der Waals surface area (Å²) in [6.45, 7) is 0.259. The van der Waals surface area contributed by atoms with Gasteiger partial charge in [0.25, 0.3) is 0 Å². The van der Waals surface area contributed by atoms with E-state index in [0.29, 0.717) is 16.7 Å². The van der Waals surface area contributed by atoms with Gasteiger partial charge in [0, 0.05) is 22.7 Å². The molecule has 114 valence electrons. The molecule has 1 aliphatic heterocycles. The molecular weight excluding hydrogens is 370 g/mol. The minimum atomic E-state index is -0.313. The highest BCUT2D eigenvalue weighted by atomic mass is 79.9. The fourth-order valence-electron chi connectivity index (χ4n) is 2.33. The van der Waals surface area contributed by atoms with Crippen LogP contribution in [0.2, 0.25) is 5.15 Å². The van der Waals surface area contributed by atoms with Crippen molar-refractivity contribution in [1.82, 2.24) is 4.98 Å². The van der Waals surface area contributed by atoms with E-state index in [0.717, 1.165) is 21.3 Å². The number of aliphatic imine (C=N–C) groups is 1. The smallest absolute Gasteiger partial charge is 0.151 e. The average Bonchev–Trinajstić information content (AvgIpc) is 2.48. The van der Waals surface area contributed by atoms with Gasteiger partial charge in [-0.05, 0) is 24.3 Å². The topological polar surface area (TPSA) is 69.7 Å². The molecule has 5 nitrogen and oxygen atoms in total. The number of ether oxygens (including phenoxy) is 2. The second-order valence-corrected chi connectivity index (χ2v) is 6.09. The maximum atomic E-state index is 6.02. The van der Waals surface area contributed by atoms with Crippen molar-refractivity contribution >= 4 is 33.4 Å². The number of methoxy groups -OCH3 is 1. The molecule has 0 aliphatic carbocycles. The molecule has 1 aromatic heterocycles. The summed E-state index contributed by atoms with van der Waals surface area (Å²) in [6, 6.07) is 7.18. The van der Waals surface area contributed by atoms with Crippen LogP contribution in [0, 0.1) is 0 Å². The summed E-state index contributed by atoms with van der Waals surface area (Å²) < 4.78 is 11.8. The number of halogens is 2. The van der Waals surface area contributed by atoms with E-state index in [9.17, 15) is 0 Å². The standard InChI is InChI=1S/C15H13BrClN3O2/c1-21-7-14(18)20-15-9-4-8(16)2-3-11(9)22-12-6-19-13(17)5-10(12)15/h2-6,15H,7H2,1H3,(H2,18,20). The molecule has 2 heterocycles. The molecule has 0 saturated heterocycles. The maximum absolute atomic E-state index is 6.02. The van der Waals surface area contributed by atoms with Gasteiger partial charge in [0.15, 0.2) is 5.75 Å². The number of benzene rings is 1. The van der Waals surface area contributed by atoms with Crippen LogP contribution >= 0.6 is 27.5 Å². The largest absolute Gasteiger partial charge is 0.455 e. The molecule has 1 aliphatic rings. The molecule has 2 aromatic rings. The molecule has 0 saturated carbocycles. The second kappa shape index (κ2) is 6.24. The summed E-state index contributed by atoms with van der Waals surface area (Å²) in [4.78, 5) is 8.63. The Balaban J connectivity index is 2.15. The van der Waals surface area contributed by atoms with Gasteiger partial charge in [-0.2, -0.15) is 0 Å². The van der Waals surface area contributed by atoms with Crippen molar-refractivity contribution in [2.24, 2.45) is 10.7 Å². The van der Waals surface area contributed by atoms with Crippen LogP contribution in [-0.2, 0) is 4.74 Å². The van der Waals surface area contributed by atoms with Crippen LogP contribution in [0.4, 0.5) is 0 Å². The van der Waals surface area contributed by atoms with Crippen molar-refractivity contribution in [2.45, 2.75) is 6.04 Å². The molecule has 0 bridgehead atoms. The average molecular weight is 383 g/mol. The lowest BCUT2D eigenvalue weighted by Crippen LogP contribution is -2.21. The van der Waals surface area contributed by atoms with E-state index in [4.69, 9.17) is 26.8 Å². The molecule has 22 heavy (non-hydrogen) atoms. The van der Waals surface area contributed by atoms with Crippen LogP contribution in [0.1, 0.15) is 17.2 Å². The summed E-state index contributed by atoms with van der Waals surface area (Å²) >= 11 is 9.49. The summed E-state index contributed by atoms with van der Waals surface area (Å²) in [7, 11) is 1.58. The zero-order valence-corrected chi connectivity index (χ0v) is 14.1. The van der Waals surface area contributed by atoms with Crippen molar-refractivity contribution < 1.29 is 9.47 Å². The Morgan fingerprint density at radius 3 is 2.95 bits per heavy atom. The molecule has 7 heteroatoms. The summed E-state index contributed by atoms with van der Waals surface area (Å²) in [5, 5.41) is 0.381. The van der Waals surface area contributed by atoms with Crippen LogP contribution in [0.3, 0.4) is 0 Å². The summed E-state index contributed by atoms with van der Waals surface area (Å²) in [5.74, 6) is 1.75. The first-order chi connectivity index (χ1) is 10.6. The van der Waals surface area contributed by atoms with E-state index >= 15 is 0 Å². The fraction of sp³-hybridized carbons (Fsp3) is 0.200. The van der Waals surface area contributed by atoms with Gasteiger partial charge in [0.05, 0.1) is 6.20 Å². The van der Waals surface area contributed by atoms with E-state index in [2.05, 4.69) is 25.9 Å². The van der Waals surface area contributed by atoms with Crippen LogP contribution in [-0.4, -0.2) is 24.5 Å². The Morgan fingerprint density at radius 1 is 1.41 bits per heavy atom. The van der Waals surface area contributed by atoms with E-state index < -0.39 is 0 Å². The third-order valence-corrected chi connectivity index (χ3v) is 3.93. The Labute approximate surface area is 141 Å². The lowest BCUT2D eigenvalue weighted by atomic mass is 9.96. The Hall–Kier alpha value is -1.63. The third kappa shape index (κ3) is 2.95. The van der Waals surface area contributed by atoms with Crippen molar-refractivity contribution in [1.29, 1.82) is 0 Å². The number of rotatable bonds is 3. The van der Waals surface area contributed by atoms with Crippen molar-refractivity contribution in [3.63, 3.8) is 0 Å². The highest BCUT2D eigenvalue weighted by molar-refractivity contribution is 9.10. The third-order valence-electron chi connectivity index (χ3n) is 3.23. The van der Waals surface area contributed by atoms with Crippen molar-refractivity contribution in [2.75, 3.05) is 13.7 Å². The molecule has 3 rings (SSSR count). The van der Waals surface area contributed by atoms with Gasteiger partial charge in [-0.3, -0.25) is 4.99 Å². The molecule has 1 aromatic carbocycles. The zero-order chi connectivity index (χ0) is 15.7. The van der Waals surface area contributed by atoms with E-state index in [1.807, 2.05) is 18.2 Å². The number of pyridine rings is 1. The van der Waals surface area contributed by atoms with E-state index in [1.165, 1.54) is 0 Å². The first kappa shape index (κ1) is 15.3. The van der Waals surface area contributed by atoms with Crippen LogP contribution < -0.4 is 10.5 Å². The predicted octanol–water partition coefficient (Wildman–Crippen LogP) is 3.70. The van der Waals surface area contributed by atoms with Gasteiger partial charge >= 0.3 is 0 Å². The summed E-state index contributed by atoms with van der Waals surface area (Å²) in [6.07, 6.45) is 1.59. The van der Waals surface area contributed by atoms with E-state index in [-0.39, 0.29) is 12.6 Å². The van der Waals surface area contributed by atoms with Gasteiger partial charge in [0.1, 0.15) is 29.4 Å². The number of amidine groups is 1. The monoisotopic (exact) mass is 381 g/mol. The van der Waals surface area contributed by atoms with Gasteiger partial charge < -0.3 is 15.2 Å². The van der Waals surface area contributed by atoms with Gasteiger partial charge in [-0.15, -0.1) is 0 Å². The molecule has 0 amide bonds. The molecule has 2 N–H and O–H groups in total. The summed E-state index contributed by atoms with van der Waals surface area (Å²) in [5.41, 5.74) is 7.66. The maximum Gasteiger partial charge on any atom is 0.151 e. The molecular formula is C15H13BrClN3O2. The molecule has 1 atom stereocenters. The Morgan fingerprint density at radius 2 is 2.18 bits per heavy atom. The minimum absolute atomic E-state index is 0.259. The van der Waals surface area contributed by atoms with Crippen molar-refractivity contribution in [3.05, 3.63) is 51.2 Å². The van der Waals surface area contributed by atoms with Crippen LogP contribution in [0.15, 0.2) is 39.9 Å². The second-order valence-electron chi connectivity index (χ2n) is 4.79. The molecule has 0 fully saturated rings. The Kier molecular flexibility index (Phi) is 4.33. The number of nitrogens with two attached hydrogens (primary N) is 1.